The van der Waals surface area contributed by atoms with Crippen molar-refractivity contribution < 1.29 is 24.3 Å². The number of amides is 4. The molecule has 4 amide bonds. The number of rotatable bonds is 13. The van der Waals surface area contributed by atoms with E-state index in [1.165, 1.54) is 10.5 Å². The summed E-state index contributed by atoms with van der Waals surface area (Å²) in [5, 5.41) is 18.8. The van der Waals surface area contributed by atoms with Gasteiger partial charge in [-0.3, -0.25) is 19.2 Å². The molecule has 10 heteroatoms. The zero-order valence-corrected chi connectivity index (χ0v) is 24.4. The van der Waals surface area contributed by atoms with E-state index in [0.717, 1.165) is 6.42 Å². The number of benzene rings is 1. The lowest BCUT2D eigenvalue weighted by Gasteiger charge is -2.26. The maximum atomic E-state index is 12.9. The number of thioether (sulfide) groups is 1. The predicted molar refractivity (Wildman–Crippen MR) is 151 cm³/mol. The third-order valence-corrected chi connectivity index (χ3v) is 7.56. The lowest BCUT2D eigenvalue weighted by atomic mass is 10.0. The SMILES string of the molecule is CC(C)Cc1ccc(NC(=O)[C@H](C)NC(=O)C(NC(=O)CCN2C(=O)CC(SC(C)C)C2O)C(C)C)cc1. The fraction of sp³-hybridized carbons (Fsp3) is 0.643. The third-order valence-electron chi connectivity index (χ3n) is 6.26. The number of nitrogens with one attached hydrogen (secondary N) is 3. The van der Waals surface area contributed by atoms with Gasteiger partial charge in [0, 0.05) is 25.1 Å². The maximum Gasteiger partial charge on any atom is 0.246 e. The van der Waals surface area contributed by atoms with Crippen LogP contribution in [0.5, 0.6) is 0 Å². The fourth-order valence-corrected chi connectivity index (χ4v) is 5.51. The molecule has 1 aliphatic heterocycles. The minimum atomic E-state index is -0.933. The van der Waals surface area contributed by atoms with Crippen LogP contribution in [0.1, 0.15) is 66.9 Å². The van der Waals surface area contributed by atoms with Crippen LogP contribution >= 0.6 is 11.8 Å². The summed E-state index contributed by atoms with van der Waals surface area (Å²) in [6, 6.07) is 5.96. The van der Waals surface area contributed by atoms with Gasteiger partial charge in [-0.2, -0.15) is 11.8 Å². The summed E-state index contributed by atoms with van der Waals surface area (Å²) in [6.07, 6.45) is 0.222. The van der Waals surface area contributed by atoms with Crippen molar-refractivity contribution in [2.75, 3.05) is 11.9 Å². The second-order valence-electron chi connectivity index (χ2n) is 11.0. The molecular formula is C28H44N4O5S. The molecule has 0 radical (unpaired) electrons. The Bertz CT molecular complexity index is 966. The zero-order valence-electron chi connectivity index (χ0n) is 23.6. The second kappa shape index (κ2) is 14.5. The molecule has 212 valence electrons. The average molecular weight is 549 g/mol. The topological polar surface area (TPSA) is 128 Å². The molecule has 1 heterocycles. The van der Waals surface area contributed by atoms with Crippen molar-refractivity contribution in [3.05, 3.63) is 29.8 Å². The summed E-state index contributed by atoms with van der Waals surface area (Å²) < 4.78 is 0. The molecule has 2 rings (SSSR count). The van der Waals surface area contributed by atoms with Crippen LogP contribution in [0.25, 0.3) is 0 Å². The van der Waals surface area contributed by atoms with Crippen LogP contribution in [0.2, 0.25) is 0 Å². The van der Waals surface area contributed by atoms with E-state index in [9.17, 15) is 24.3 Å². The van der Waals surface area contributed by atoms with E-state index in [4.69, 9.17) is 0 Å². The van der Waals surface area contributed by atoms with E-state index < -0.39 is 30.1 Å². The number of carbonyl (C=O) groups excluding carboxylic acids is 4. The highest BCUT2D eigenvalue weighted by atomic mass is 32.2. The first-order valence-corrected chi connectivity index (χ1v) is 14.3. The maximum absolute atomic E-state index is 12.9. The van der Waals surface area contributed by atoms with Crippen molar-refractivity contribution in [3.63, 3.8) is 0 Å². The molecule has 0 bridgehead atoms. The summed E-state index contributed by atoms with van der Waals surface area (Å²) in [7, 11) is 0. The first-order chi connectivity index (χ1) is 17.8. The van der Waals surface area contributed by atoms with E-state index in [1.807, 2.05) is 38.1 Å². The number of aliphatic hydroxyl groups excluding tert-OH is 1. The molecule has 9 nitrogen and oxygen atoms in total. The monoisotopic (exact) mass is 548 g/mol. The highest BCUT2D eigenvalue weighted by Crippen LogP contribution is 2.31. The summed E-state index contributed by atoms with van der Waals surface area (Å²) in [6.45, 7) is 13.6. The van der Waals surface area contributed by atoms with Crippen LogP contribution in [0, 0.1) is 11.8 Å². The minimum Gasteiger partial charge on any atom is -0.372 e. The number of hydrogen-bond acceptors (Lipinski definition) is 6. The van der Waals surface area contributed by atoms with Gasteiger partial charge in [0.15, 0.2) is 0 Å². The highest BCUT2D eigenvalue weighted by molar-refractivity contribution is 8.00. The summed E-state index contributed by atoms with van der Waals surface area (Å²) in [4.78, 5) is 51.9. The Labute approximate surface area is 230 Å². The van der Waals surface area contributed by atoms with Gasteiger partial charge in [-0.15, -0.1) is 0 Å². The van der Waals surface area contributed by atoms with Crippen molar-refractivity contribution in [2.24, 2.45) is 11.8 Å². The Balaban J connectivity index is 1.87. The second-order valence-corrected chi connectivity index (χ2v) is 12.8. The molecule has 4 atom stereocenters. The van der Waals surface area contributed by atoms with E-state index in [0.29, 0.717) is 11.6 Å². The molecule has 4 N–H and O–H groups in total. The van der Waals surface area contributed by atoms with E-state index >= 15 is 0 Å². The number of aliphatic hydroxyl groups is 1. The zero-order chi connectivity index (χ0) is 28.6. The van der Waals surface area contributed by atoms with Gasteiger partial charge < -0.3 is 26.0 Å². The van der Waals surface area contributed by atoms with E-state index in [2.05, 4.69) is 29.8 Å². The molecule has 0 aliphatic carbocycles. The Hall–Kier alpha value is -2.59. The standard InChI is InChI=1S/C28H44N4O5S/c1-16(2)14-20-8-10-21(11-9-20)30-26(35)19(7)29-27(36)25(17(3)4)31-23(33)12-13-32-24(34)15-22(28(32)37)38-18(5)6/h8-11,16-19,22,25,28,37H,12-15H2,1-7H3,(H,29,36)(H,30,35)(H,31,33)/t19-,22?,25?,28?/m0/s1. The predicted octanol–water partition coefficient (Wildman–Crippen LogP) is 2.92. The number of hydrogen-bond donors (Lipinski definition) is 4. The van der Waals surface area contributed by atoms with Crippen LogP contribution in [0.15, 0.2) is 24.3 Å². The first-order valence-electron chi connectivity index (χ1n) is 13.4. The molecule has 1 aromatic carbocycles. The van der Waals surface area contributed by atoms with Crippen molar-refractivity contribution in [1.29, 1.82) is 0 Å². The van der Waals surface area contributed by atoms with Gasteiger partial charge >= 0.3 is 0 Å². The quantitative estimate of drug-likeness (QED) is 0.300. The van der Waals surface area contributed by atoms with Gasteiger partial charge in [0.25, 0.3) is 0 Å². The normalized spacial score (nSPS) is 19.1. The number of nitrogens with zero attached hydrogens (tertiary/aromatic N) is 1. The molecule has 1 saturated heterocycles. The molecule has 1 aliphatic rings. The minimum absolute atomic E-state index is 0.0405. The largest absolute Gasteiger partial charge is 0.372 e. The Morgan fingerprint density at radius 1 is 1.00 bits per heavy atom. The molecular weight excluding hydrogens is 504 g/mol. The summed E-state index contributed by atoms with van der Waals surface area (Å²) in [5.74, 6) is -1.11. The van der Waals surface area contributed by atoms with Crippen molar-refractivity contribution in [1.82, 2.24) is 15.5 Å². The van der Waals surface area contributed by atoms with Gasteiger partial charge in [-0.25, -0.2) is 0 Å². The molecule has 38 heavy (non-hydrogen) atoms. The van der Waals surface area contributed by atoms with Crippen molar-refractivity contribution >= 4 is 41.1 Å². The molecule has 0 spiro atoms. The average Bonchev–Trinajstić information content (AvgIpc) is 3.08. The summed E-state index contributed by atoms with van der Waals surface area (Å²) >= 11 is 1.54. The van der Waals surface area contributed by atoms with E-state index in [1.54, 1.807) is 32.5 Å². The molecule has 3 unspecified atom stereocenters. The lowest BCUT2D eigenvalue weighted by molar-refractivity contribution is -0.135. The van der Waals surface area contributed by atoms with Crippen LogP contribution in [-0.4, -0.2) is 69.0 Å². The van der Waals surface area contributed by atoms with Crippen molar-refractivity contribution in [2.45, 2.75) is 96.5 Å². The smallest absolute Gasteiger partial charge is 0.246 e. The van der Waals surface area contributed by atoms with Gasteiger partial charge in [0.2, 0.25) is 23.6 Å². The molecule has 0 saturated carbocycles. The number of anilines is 1. The highest BCUT2D eigenvalue weighted by Gasteiger charge is 2.39. The molecule has 1 fully saturated rings. The Morgan fingerprint density at radius 3 is 2.18 bits per heavy atom. The number of likely N-dealkylation sites (tertiary alicyclic amines) is 1. The van der Waals surface area contributed by atoms with Gasteiger partial charge in [0.1, 0.15) is 18.3 Å². The van der Waals surface area contributed by atoms with Gasteiger partial charge in [0.05, 0.1) is 5.25 Å². The van der Waals surface area contributed by atoms with Crippen LogP contribution in [0.4, 0.5) is 5.69 Å². The van der Waals surface area contributed by atoms with Crippen molar-refractivity contribution in [3.8, 4) is 0 Å². The fourth-order valence-electron chi connectivity index (χ4n) is 4.29. The van der Waals surface area contributed by atoms with E-state index in [-0.39, 0.29) is 47.6 Å². The Morgan fingerprint density at radius 2 is 1.63 bits per heavy atom. The van der Waals surface area contributed by atoms with Crippen LogP contribution < -0.4 is 16.0 Å². The number of carbonyl (C=O) groups is 4. The van der Waals surface area contributed by atoms with Crippen LogP contribution in [0.3, 0.4) is 0 Å². The van der Waals surface area contributed by atoms with Gasteiger partial charge in [-0.05, 0) is 48.1 Å². The lowest BCUT2D eigenvalue weighted by Crippen LogP contribution is -2.54. The first kappa shape index (κ1) is 31.6. The third kappa shape index (κ3) is 9.62. The molecule has 0 aromatic heterocycles. The Kier molecular flexibility index (Phi) is 12.1. The van der Waals surface area contributed by atoms with Gasteiger partial charge in [-0.1, -0.05) is 53.7 Å². The summed E-state index contributed by atoms with van der Waals surface area (Å²) in [5.41, 5.74) is 1.83. The van der Waals surface area contributed by atoms with Crippen LogP contribution in [-0.2, 0) is 25.6 Å². The molecule has 1 aromatic rings.